The van der Waals surface area contributed by atoms with Crippen molar-refractivity contribution in [3.8, 4) is 0 Å². The Morgan fingerprint density at radius 3 is 2.85 bits per heavy atom. The average Bonchev–Trinajstić information content (AvgIpc) is 2.67. The van der Waals surface area contributed by atoms with E-state index >= 15 is 0 Å². The van der Waals surface area contributed by atoms with Crippen LogP contribution in [-0.2, 0) is 17.8 Å². The first-order chi connectivity index (χ1) is 9.51. The van der Waals surface area contributed by atoms with Crippen molar-refractivity contribution < 1.29 is 4.79 Å². The smallest absolute Gasteiger partial charge is 0.240 e. The summed E-state index contributed by atoms with van der Waals surface area (Å²) < 4.78 is 1.88. The van der Waals surface area contributed by atoms with E-state index in [0.717, 1.165) is 16.9 Å². The zero-order valence-corrected chi connectivity index (χ0v) is 13.0. The SMILES string of the molecule is CC(C)NC(=O)Cn1c(CCCl)nc2ccc(Cl)cc21. The minimum Gasteiger partial charge on any atom is -0.352 e. The van der Waals surface area contributed by atoms with Gasteiger partial charge in [-0.3, -0.25) is 4.79 Å². The third-order valence-electron chi connectivity index (χ3n) is 2.86. The van der Waals surface area contributed by atoms with Crippen molar-refractivity contribution in [1.82, 2.24) is 14.9 Å². The van der Waals surface area contributed by atoms with Crippen molar-refractivity contribution >= 4 is 40.1 Å². The lowest BCUT2D eigenvalue weighted by molar-refractivity contribution is -0.122. The highest BCUT2D eigenvalue weighted by Gasteiger charge is 2.14. The summed E-state index contributed by atoms with van der Waals surface area (Å²) in [5.41, 5.74) is 1.68. The second-order valence-corrected chi connectivity index (χ2v) is 5.72. The van der Waals surface area contributed by atoms with Gasteiger partial charge in [-0.05, 0) is 32.0 Å². The molecule has 2 aromatic rings. The van der Waals surface area contributed by atoms with Crippen LogP contribution in [0.15, 0.2) is 18.2 Å². The maximum Gasteiger partial charge on any atom is 0.240 e. The van der Waals surface area contributed by atoms with Crippen LogP contribution in [0, 0.1) is 0 Å². The molecule has 20 heavy (non-hydrogen) atoms. The molecular formula is C14H17Cl2N3O. The van der Waals surface area contributed by atoms with Crippen LogP contribution in [-0.4, -0.2) is 27.4 Å². The van der Waals surface area contributed by atoms with Crippen molar-refractivity contribution in [3.05, 3.63) is 29.0 Å². The quantitative estimate of drug-likeness (QED) is 0.863. The number of carbonyl (C=O) groups excluding carboxylic acids is 1. The molecule has 0 atom stereocenters. The molecule has 0 fully saturated rings. The van der Waals surface area contributed by atoms with Gasteiger partial charge in [-0.1, -0.05) is 11.6 Å². The molecule has 0 saturated heterocycles. The Morgan fingerprint density at radius 1 is 1.45 bits per heavy atom. The van der Waals surface area contributed by atoms with E-state index in [2.05, 4.69) is 10.3 Å². The summed E-state index contributed by atoms with van der Waals surface area (Å²) in [5.74, 6) is 1.22. The average molecular weight is 314 g/mol. The molecule has 0 aliphatic carbocycles. The zero-order valence-electron chi connectivity index (χ0n) is 11.5. The number of amides is 1. The van der Waals surface area contributed by atoms with Gasteiger partial charge in [0.15, 0.2) is 0 Å². The van der Waals surface area contributed by atoms with E-state index in [0.29, 0.717) is 17.3 Å². The number of nitrogens with zero attached hydrogens (tertiary/aromatic N) is 2. The van der Waals surface area contributed by atoms with Crippen molar-refractivity contribution in [2.24, 2.45) is 0 Å². The fraction of sp³-hybridized carbons (Fsp3) is 0.429. The molecule has 108 valence electrons. The number of carbonyl (C=O) groups is 1. The molecule has 0 unspecified atom stereocenters. The van der Waals surface area contributed by atoms with E-state index in [4.69, 9.17) is 23.2 Å². The summed E-state index contributed by atoms with van der Waals surface area (Å²) in [6, 6.07) is 5.58. The largest absolute Gasteiger partial charge is 0.352 e. The van der Waals surface area contributed by atoms with Crippen LogP contribution in [0.3, 0.4) is 0 Å². The van der Waals surface area contributed by atoms with Crippen LogP contribution < -0.4 is 5.32 Å². The van der Waals surface area contributed by atoms with E-state index < -0.39 is 0 Å². The lowest BCUT2D eigenvalue weighted by Crippen LogP contribution is -2.33. The Morgan fingerprint density at radius 2 is 2.20 bits per heavy atom. The summed E-state index contributed by atoms with van der Waals surface area (Å²) in [7, 11) is 0. The van der Waals surface area contributed by atoms with Gasteiger partial charge >= 0.3 is 0 Å². The molecule has 4 nitrogen and oxygen atoms in total. The van der Waals surface area contributed by atoms with Crippen LogP contribution in [0.25, 0.3) is 11.0 Å². The van der Waals surface area contributed by atoms with Crippen LogP contribution in [0.5, 0.6) is 0 Å². The number of hydrogen-bond donors (Lipinski definition) is 1. The van der Waals surface area contributed by atoms with Crippen LogP contribution in [0.1, 0.15) is 19.7 Å². The lowest BCUT2D eigenvalue weighted by Gasteiger charge is -2.11. The number of halogens is 2. The zero-order chi connectivity index (χ0) is 14.7. The van der Waals surface area contributed by atoms with E-state index in [-0.39, 0.29) is 18.5 Å². The minimum absolute atomic E-state index is 0.0462. The summed E-state index contributed by atoms with van der Waals surface area (Å²) in [6.45, 7) is 4.09. The number of aromatic nitrogens is 2. The molecule has 6 heteroatoms. The molecule has 1 N–H and O–H groups in total. The number of imidazole rings is 1. The third-order valence-corrected chi connectivity index (χ3v) is 3.28. The molecule has 2 rings (SSSR count). The van der Waals surface area contributed by atoms with Gasteiger partial charge in [0, 0.05) is 23.4 Å². The number of aryl methyl sites for hydroxylation is 1. The molecule has 0 spiro atoms. The number of nitrogens with one attached hydrogen (secondary N) is 1. The first-order valence-corrected chi connectivity index (χ1v) is 7.42. The lowest BCUT2D eigenvalue weighted by atomic mass is 10.3. The Labute approximate surface area is 128 Å². The van der Waals surface area contributed by atoms with Gasteiger partial charge in [-0.2, -0.15) is 0 Å². The molecule has 0 aliphatic rings. The Hall–Kier alpha value is -1.26. The third kappa shape index (κ3) is 3.44. The van der Waals surface area contributed by atoms with Crippen molar-refractivity contribution in [2.45, 2.75) is 32.9 Å². The second-order valence-electron chi connectivity index (χ2n) is 4.91. The Balaban J connectivity index is 2.39. The molecular weight excluding hydrogens is 297 g/mol. The van der Waals surface area contributed by atoms with E-state index in [9.17, 15) is 4.79 Å². The van der Waals surface area contributed by atoms with E-state index in [1.54, 1.807) is 6.07 Å². The minimum atomic E-state index is -0.0462. The molecule has 0 radical (unpaired) electrons. The molecule has 0 bridgehead atoms. The van der Waals surface area contributed by atoms with Gasteiger partial charge in [-0.15, -0.1) is 11.6 Å². The van der Waals surface area contributed by atoms with Crippen molar-refractivity contribution in [2.75, 3.05) is 5.88 Å². The molecule has 0 saturated carbocycles. The summed E-state index contributed by atoms with van der Waals surface area (Å²) in [4.78, 5) is 16.5. The summed E-state index contributed by atoms with van der Waals surface area (Å²) in [6.07, 6.45) is 0.614. The predicted molar refractivity (Wildman–Crippen MR) is 82.4 cm³/mol. The summed E-state index contributed by atoms with van der Waals surface area (Å²) >= 11 is 11.8. The number of benzene rings is 1. The Kier molecular flexibility index (Phi) is 4.89. The monoisotopic (exact) mass is 313 g/mol. The van der Waals surface area contributed by atoms with Gasteiger partial charge in [0.25, 0.3) is 0 Å². The second kappa shape index (κ2) is 6.46. The van der Waals surface area contributed by atoms with Gasteiger partial charge in [-0.25, -0.2) is 4.98 Å². The molecule has 1 aromatic heterocycles. The van der Waals surface area contributed by atoms with Crippen molar-refractivity contribution in [1.29, 1.82) is 0 Å². The fourth-order valence-corrected chi connectivity index (χ4v) is 2.44. The fourth-order valence-electron chi connectivity index (χ4n) is 2.11. The van der Waals surface area contributed by atoms with Gasteiger partial charge in [0.05, 0.1) is 11.0 Å². The predicted octanol–water partition coefficient (Wildman–Crippen LogP) is 3.00. The van der Waals surface area contributed by atoms with Crippen molar-refractivity contribution in [3.63, 3.8) is 0 Å². The maximum absolute atomic E-state index is 12.0. The Bertz CT molecular complexity index is 622. The molecule has 1 amide bonds. The first kappa shape index (κ1) is 15.1. The first-order valence-electron chi connectivity index (χ1n) is 6.51. The summed E-state index contributed by atoms with van der Waals surface area (Å²) in [5, 5.41) is 3.50. The van der Waals surface area contributed by atoms with Gasteiger partial charge in [0.1, 0.15) is 12.4 Å². The number of rotatable bonds is 5. The van der Waals surface area contributed by atoms with Crippen LogP contribution in [0.4, 0.5) is 0 Å². The van der Waals surface area contributed by atoms with Crippen LogP contribution in [0.2, 0.25) is 5.02 Å². The van der Waals surface area contributed by atoms with E-state index in [1.807, 2.05) is 30.5 Å². The topological polar surface area (TPSA) is 46.9 Å². The molecule has 1 aromatic carbocycles. The highest BCUT2D eigenvalue weighted by Crippen LogP contribution is 2.21. The van der Waals surface area contributed by atoms with Gasteiger partial charge in [0.2, 0.25) is 5.91 Å². The number of fused-ring (bicyclic) bond motifs is 1. The highest BCUT2D eigenvalue weighted by molar-refractivity contribution is 6.31. The standard InChI is InChI=1S/C14H17Cl2N3O/c1-9(2)17-14(20)8-19-12-7-10(16)3-4-11(12)18-13(19)5-6-15/h3-4,7,9H,5-6,8H2,1-2H3,(H,17,20). The highest BCUT2D eigenvalue weighted by atomic mass is 35.5. The number of hydrogen-bond acceptors (Lipinski definition) is 2. The maximum atomic E-state index is 12.0. The molecule has 0 aliphatic heterocycles. The van der Waals surface area contributed by atoms with E-state index in [1.165, 1.54) is 0 Å². The number of alkyl halides is 1. The molecule has 1 heterocycles. The van der Waals surface area contributed by atoms with Crippen LogP contribution >= 0.6 is 23.2 Å². The van der Waals surface area contributed by atoms with Gasteiger partial charge < -0.3 is 9.88 Å². The normalized spacial score (nSPS) is 11.2.